The van der Waals surface area contributed by atoms with E-state index in [0.717, 1.165) is 0 Å². The molecule has 3 heteroatoms. The average molecular weight is 169 g/mol. The zero-order valence-electron chi connectivity index (χ0n) is 5.80. The van der Waals surface area contributed by atoms with Crippen LogP contribution in [0.3, 0.4) is 0 Å². The van der Waals surface area contributed by atoms with Crippen molar-refractivity contribution in [3.05, 3.63) is 36.2 Å². The van der Waals surface area contributed by atoms with Gasteiger partial charge in [-0.1, -0.05) is 23.7 Å². The van der Waals surface area contributed by atoms with Crippen LogP contribution in [-0.2, 0) is 4.79 Å². The van der Waals surface area contributed by atoms with Crippen molar-refractivity contribution in [3.8, 4) is 0 Å². The van der Waals surface area contributed by atoms with Gasteiger partial charge in [0.1, 0.15) is 0 Å². The summed E-state index contributed by atoms with van der Waals surface area (Å²) in [6, 6.07) is 7.00. The molecule has 11 heavy (non-hydrogen) atoms. The van der Waals surface area contributed by atoms with Crippen LogP contribution in [0.25, 0.3) is 0 Å². The van der Waals surface area contributed by atoms with Crippen LogP contribution in [0.4, 0.5) is 5.69 Å². The first-order valence-electron chi connectivity index (χ1n) is 3.07. The molecule has 0 atom stereocenters. The van der Waals surface area contributed by atoms with Crippen LogP contribution < -0.4 is 5.32 Å². The van der Waals surface area contributed by atoms with Crippen LogP contribution >= 0.6 is 11.6 Å². The number of hydrogen-bond acceptors (Lipinski definition) is 1. The first-order chi connectivity index (χ1) is 5.20. The van der Waals surface area contributed by atoms with E-state index in [4.69, 9.17) is 11.6 Å². The number of rotatable bonds is 1. The average Bonchev–Trinajstić information content (AvgIpc) is 1.93. The zero-order chi connectivity index (χ0) is 8.27. The number of anilines is 1. The first-order valence-corrected chi connectivity index (χ1v) is 3.45. The van der Waals surface area contributed by atoms with E-state index in [9.17, 15) is 4.79 Å². The van der Waals surface area contributed by atoms with Gasteiger partial charge in [0.15, 0.2) is 0 Å². The Bertz CT molecular complexity index is 273. The molecular formula is C8H7ClNO. The highest BCUT2D eigenvalue weighted by atomic mass is 35.5. The van der Waals surface area contributed by atoms with Crippen molar-refractivity contribution in [2.24, 2.45) is 0 Å². The highest BCUT2D eigenvalue weighted by Gasteiger charge is 1.98. The van der Waals surface area contributed by atoms with Crippen molar-refractivity contribution >= 4 is 23.2 Å². The summed E-state index contributed by atoms with van der Waals surface area (Å²) in [4.78, 5) is 10.5. The second kappa shape index (κ2) is 3.39. The molecule has 0 aliphatic heterocycles. The SMILES string of the molecule is [CH2]C(=O)Nc1ccccc1Cl. The predicted octanol–water partition coefficient (Wildman–Crippen LogP) is 2.11. The number of para-hydroxylation sites is 1. The maximum atomic E-state index is 10.5. The summed E-state index contributed by atoms with van der Waals surface area (Å²) in [6.07, 6.45) is 0. The van der Waals surface area contributed by atoms with Crippen molar-refractivity contribution in [2.75, 3.05) is 5.32 Å². The third kappa shape index (κ3) is 2.24. The summed E-state index contributed by atoms with van der Waals surface area (Å²) >= 11 is 5.73. The lowest BCUT2D eigenvalue weighted by atomic mass is 10.3. The maximum Gasteiger partial charge on any atom is 0.224 e. The van der Waals surface area contributed by atoms with Gasteiger partial charge in [-0.25, -0.2) is 0 Å². The molecule has 0 aliphatic rings. The van der Waals surface area contributed by atoms with Crippen LogP contribution in [0.5, 0.6) is 0 Å². The second-order valence-corrected chi connectivity index (χ2v) is 2.44. The zero-order valence-corrected chi connectivity index (χ0v) is 6.56. The summed E-state index contributed by atoms with van der Waals surface area (Å²) in [5, 5.41) is 3.01. The van der Waals surface area contributed by atoms with Crippen LogP contribution in [0.1, 0.15) is 0 Å². The molecule has 0 saturated carbocycles. The number of halogens is 1. The van der Waals surface area contributed by atoms with Crippen LogP contribution in [0, 0.1) is 6.92 Å². The fourth-order valence-electron chi connectivity index (χ4n) is 0.713. The van der Waals surface area contributed by atoms with Crippen LogP contribution in [0.15, 0.2) is 24.3 Å². The molecule has 0 bridgehead atoms. The van der Waals surface area contributed by atoms with Gasteiger partial charge in [-0.15, -0.1) is 0 Å². The summed E-state index contributed by atoms with van der Waals surface area (Å²) in [5.41, 5.74) is 0.592. The Morgan fingerprint density at radius 2 is 2.09 bits per heavy atom. The smallest absolute Gasteiger partial charge is 0.224 e. The summed E-state index contributed by atoms with van der Waals surface area (Å²) in [7, 11) is 0. The molecule has 1 amide bonds. The van der Waals surface area contributed by atoms with Crippen molar-refractivity contribution in [2.45, 2.75) is 0 Å². The Labute approximate surface area is 70.2 Å². The summed E-state index contributed by atoms with van der Waals surface area (Å²) in [5.74, 6) is -0.363. The van der Waals surface area contributed by atoms with Gasteiger partial charge in [0.25, 0.3) is 0 Å². The number of benzene rings is 1. The van der Waals surface area contributed by atoms with Crippen LogP contribution in [-0.4, -0.2) is 5.91 Å². The highest BCUT2D eigenvalue weighted by molar-refractivity contribution is 6.33. The van der Waals surface area contributed by atoms with E-state index in [2.05, 4.69) is 12.2 Å². The van der Waals surface area contributed by atoms with Gasteiger partial charge < -0.3 is 5.32 Å². The Balaban J connectivity index is 2.86. The lowest BCUT2D eigenvalue weighted by molar-refractivity contribution is -0.112. The molecule has 0 fully saturated rings. The molecule has 0 aliphatic carbocycles. The van der Waals surface area contributed by atoms with E-state index in [1.165, 1.54) is 0 Å². The van der Waals surface area contributed by atoms with Gasteiger partial charge in [-0.3, -0.25) is 4.79 Å². The topological polar surface area (TPSA) is 29.1 Å². The molecule has 1 aromatic carbocycles. The Morgan fingerprint density at radius 1 is 1.45 bits per heavy atom. The van der Waals surface area contributed by atoms with E-state index in [0.29, 0.717) is 10.7 Å². The largest absolute Gasteiger partial charge is 0.325 e. The molecule has 0 spiro atoms. The first kappa shape index (κ1) is 8.08. The van der Waals surface area contributed by atoms with Gasteiger partial charge >= 0.3 is 0 Å². The lowest BCUT2D eigenvalue weighted by Crippen LogP contribution is -2.06. The number of carbonyl (C=O) groups excluding carboxylic acids is 1. The standard InChI is InChI=1S/C8H7ClNO/c1-6(11)10-8-5-3-2-4-7(8)9/h2-5H,1H2,(H,10,11). The third-order valence-electron chi connectivity index (χ3n) is 1.15. The number of hydrogen-bond donors (Lipinski definition) is 1. The Morgan fingerprint density at radius 3 is 2.64 bits per heavy atom. The molecule has 0 unspecified atom stereocenters. The number of nitrogens with one attached hydrogen (secondary N) is 1. The van der Waals surface area contributed by atoms with Gasteiger partial charge in [-0.05, 0) is 12.1 Å². The molecule has 1 N–H and O–H groups in total. The molecule has 0 saturated heterocycles. The molecule has 1 aromatic rings. The minimum absolute atomic E-state index is 0.363. The number of amides is 1. The van der Waals surface area contributed by atoms with E-state index in [1.54, 1.807) is 24.3 Å². The Hall–Kier alpha value is -1.02. The van der Waals surface area contributed by atoms with E-state index >= 15 is 0 Å². The highest BCUT2D eigenvalue weighted by Crippen LogP contribution is 2.19. The third-order valence-corrected chi connectivity index (χ3v) is 1.48. The molecule has 2 nitrogen and oxygen atoms in total. The van der Waals surface area contributed by atoms with E-state index in [1.807, 2.05) is 0 Å². The van der Waals surface area contributed by atoms with E-state index < -0.39 is 0 Å². The van der Waals surface area contributed by atoms with Crippen molar-refractivity contribution in [3.63, 3.8) is 0 Å². The molecule has 1 radical (unpaired) electrons. The van der Waals surface area contributed by atoms with Gasteiger partial charge in [0.05, 0.1) is 10.7 Å². The van der Waals surface area contributed by atoms with Gasteiger partial charge in [0, 0.05) is 6.92 Å². The predicted molar refractivity (Wildman–Crippen MR) is 45.4 cm³/mol. The van der Waals surface area contributed by atoms with Gasteiger partial charge in [-0.2, -0.15) is 0 Å². The monoisotopic (exact) mass is 168 g/mol. The van der Waals surface area contributed by atoms with Crippen LogP contribution in [0.2, 0.25) is 5.02 Å². The molecule has 57 valence electrons. The molecular weight excluding hydrogens is 162 g/mol. The minimum atomic E-state index is -0.363. The second-order valence-electron chi connectivity index (χ2n) is 2.03. The van der Waals surface area contributed by atoms with E-state index in [-0.39, 0.29) is 5.91 Å². The maximum absolute atomic E-state index is 10.5. The molecule has 1 rings (SSSR count). The Kier molecular flexibility index (Phi) is 2.49. The van der Waals surface area contributed by atoms with Crippen molar-refractivity contribution in [1.82, 2.24) is 0 Å². The summed E-state index contributed by atoms with van der Waals surface area (Å²) < 4.78 is 0. The molecule has 0 aromatic heterocycles. The lowest BCUT2D eigenvalue weighted by Gasteiger charge is -2.02. The summed E-state index contributed by atoms with van der Waals surface area (Å²) in [6.45, 7) is 3.17. The van der Waals surface area contributed by atoms with Crippen molar-refractivity contribution < 1.29 is 4.79 Å². The van der Waals surface area contributed by atoms with Gasteiger partial charge in [0.2, 0.25) is 5.91 Å². The quantitative estimate of drug-likeness (QED) is 0.684. The normalized spacial score (nSPS) is 9.27. The fourth-order valence-corrected chi connectivity index (χ4v) is 0.896. The molecule has 0 heterocycles. The minimum Gasteiger partial charge on any atom is -0.325 e. The number of carbonyl (C=O) groups is 1. The van der Waals surface area contributed by atoms with Crippen molar-refractivity contribution in [1.29, 1.82) is 0 Å². The fraction of sp³-hybridized carbons (Fsp3) is 0.